The molecule has 0 aliphatic carbocycles. The van der Waals surface area contributed by atoms with E-state index in [4.69, 9.17) is 4.74 Å². The summed E-state index contributed by atoms with van der Waals surface area (Å²) >= 11 is 0. The molecule has 0 bridgehead atoms. The minimum absolute atomic E-state index is 0.0123. The van der Waals surface area contributed by atoms with E-state index in [-0.39, 0.29) is 24.2 Å². The molecule has 37 heavy (non-hydrogen) atoms. The summed E-state index contributed by atoms with van der Waals surface area (Å²) < 4.78 is 5.68. The average molecular weight is 499 g/mol. The van der Waals surface area contributed by atoms with Crippen molar-refractivity contribution < 1.29 is 14.5 Å². The molecule has 2 aromatic carbocycles. The predicted octanol–water partition coefficient (Wildman–Crippen LogP) is 5.20. The van der Waals surface area contributed by atoms with Gasteiger partial charge in [-0.25, -0.2) is 4.79 Å². The third kappa shape index (κ3) is 6.48. The van der Waals surface area contributed by atoms with Crippen LogP contribution in [-0.2, 0) is 16.1 Å². The first-order chi connectivity index (χ1) is 17.8. The zero-order valence-corrected chi connectivity index (χ0v) is 21.2. The Morgan fingerprint density at radius 1 is 1.11 bits per heavy atom. The first-order valence-electron chi connectivity index (χ1n) is 12.1. The van der Waals surface area contributed by atoms with Gasteiger partial charge in [0.2, 0.25) is 0 Å². The number of likely N-dealkylation sites (N-methyl/N-ethyl adjacent to an activating group) is 1. The number of allylic oxidation sites excluding steroid dienone is 3. The molecule has 0 radical (unpaired) electrons. The number of carbonyl (C=O) groups excluding carboxylic acids is 1. The van der Waals surface area contributed by atoms with Crippen molar-refractivity contribution in [1.29, 1.82) is 0 Å². The second-order valence-electron chi connectivity index (χ2n) is 9.13. The summed E-state index contributed by atoms with van der Waals surface area (Å²) in [6.07, 6.45) is 3.69. The van der Waals surface area contributed by atoms with Gasteiger partial charge >= 0.3 is 5.97 Å². The molecule has 8 heteroatoms. The van der Waals surface area contributed by atoms with Crippen LogP contribution in [0.25, 0.3) is 11.3 Å². The number of nitrogens with one attached hydrogen (secondary N) is 1. The highest BCUT2D eigenvalue weighted by Crippen LogP contribution is 2.33. The van der Waals surface area contributed by atoms with Crippen LogP contribution in [0.15, 0.2) is 96.0 Å². The van der Waals surface area contributed by atoms with Gasteiger partial charge in [0.25, 0.3) is 5.69 Å². The summed E-state index contributed by atoms with van der Waals surface area (Å²) in [5.74, 6) is -0.683. The van der Waals surface area contributed by atoms with Crippen LogP contribution in [0, 0.1) is 10.1 Å². The van der Waals surface area contributed by atoms with Crippen molar-refractivity contribution in [2.45, 2.75) is 26.3 Å². The Kier molecular flexibility index (Phi) is 8.10. The molecule has 1 aliphatic rings. The highest BCUT2D eigenvalue weighted by atomic mass is 16.6. The van der Waals surface area contributed by atoms with Crippen LogP contribution in [0.4, 0.5) is 5.69 Å². The second-order valence-corrected chi connectivity index (χ2v) is 9.13. The Bertz CT molecular complexity index is 1330. The zero-order chi connectivity index (χ0) is 26.4. The maximum Gasteiger partial charge on any atom is 0.336 e. The Morgan fingerprint density at radius 2 is 1.89 bits per heavy atom. The van der Waals surface area contributed by atoms with Gasteiger partial charge in [0.15, 0.2) is 0 Å². The zero-order valence-electron chi connectivity index (χ0n) is 21.2. The lowest BCUT2D eigenvalue weighted by Gasteiger charge is -2.26. The molecule has 1 aromatic heterocycles. The lowest BCUT2D eigenvalue weighted by molar-refractivity contribution is -0.384. The fourth-order valence-electron chi connectivity index (χ4n) is 4.40. The second kappa shape index (κ2) is 11.6. The van der Waals surface area contributed by atoms with E-state index in [0.29, 0.717) is 23.4 Å². The van der Waals surface area contributed by atoms with Gasteiger partial charge in [-0.1, -0.05) is 54.6 Å². The minimum atomic E-state index is -0.425. The number of nitro benzene ring substituents is 1. The number of benzene rings is 2. The number of esters is 1. The molecular weight excluding hydrogens is 468 g/mol. The lowest BCUT2D eigenvalue weighted by atomic mass is 9.87. The van der Waals surface area contributed by atoms with E-state index in [1.165, 1.54) is 17.7 Å². The molecule has 2 heterocycles. The van der Waals surface area contributed by atoms with Crippen LogP contribution in [0.2, 0.25) is 0 Å². The van der Waals surface area contributed by atoms with Gasteiger partial charge in [0.05, 0.1) is 16.2 Å². The monoisotopic (exact) mass is 498 g/mol. The first-order valence-corrected chi connectivity index (χ1v) is 12.1. The van der Waals surface area contributed by atoms with E-state index in [0.717, 1.165) is 23.5 Å². The van der Waals surface area contributed by atoms with E-state index < -0.39 is 4.92 Å². The van der Waals surface area contributed by atoms with Gasteiger partial charge in [-0.3, -0.25) is 20.0 Å². The Hall–Kier alpha value is -4.30. The van der Waals surface area contributed by atoms with Crippen molar-refractivity contribution in [2.24, 2.45) is 0 Å². The number of hydrogen-bond acceptors (Lipinski definition) is 7. The van der Waals surface area contributed by atoms with E-state index in [1.54, 1.807) is 18.3 Å². The van der Waals surface area contributed by atoms with Crippen LogP contribution in [0.5, 0.6) is 0 Å². The van der Waals surface area contributed by atoms with E-state index in [9.17, 15) is 14.9 Å². The SMILES string of the molecule is CC1=CC(c2ccc(-c3cccc([N+](=O)[O-])c3)nc2)C(C(=O)OCCN(C)Cc2ccccc2)=C(C)N1. The normalized spacial score (nSPS) is 15.2. The Morgan fingerprint density at radius 3 is 2.59 bits per heavy atom. The number of ether oxygens (including phenoxy) is 1. The van der Waals surface area contributed by atoms with Crippen LogP contribution in [0.1, 0.15) is 30.9 Å². The smallest absolute Gasteiger partial charge is 0.336 e. The molecule has 1 N–H and O–H groups in total. The number of carbonyl (C=O) groups is 1. The van der Waals surface area contributed by atoms with Crippen molar-refractivity contribution in [3.8, 4) is 11.3 Å². The lowest BCUT2D eigenvalue weighted by Crippen LogP contribution is -2.28. The number of hydrogen-bond donors (Lipinski definition) is 1. The fourth-order valence-corrected chi connectivity index (χ4v) is 4.40. The number of rotatable bonds is 9. The third-order valence-corrected chi connectivity index (χ3v) is 6.24. The number of aromatic nitrogens is 1. The maximum absolute atomic E-state index is 13.2. The van der Waals surface area contributed by atoms with E-state index >= 15 is 0 Å². The molecule has 0 saturated heterocycles. The van der Waals surface area contributed by atoms with Crippen LogP contribution in [-0.4, -0.2) is 41.0 Å². The molecular formula is C29H30N4O4. The summed E-state index contributed by atoms with van der Waals surface area (Å²) in [6, 6.07) is 20.2. The van der Waals surface area contributed by atoms with Crippen LogP contribution < -0.4 is 5.32 Å². The summed E-state index contributed by atoms with van der Waals surface area (Å²) in [5, 5.41) is 14.4. The van der Waals surface area contributed by atoms with Crippen molar-refractivity contribution >= 4 is 11.7 Å². The molecule has 4 rings (SSSR count). The summed E-state index contributed by atoms with van der Waals surface area (Å²) in [7, 11) is 2.00. The van der Waals surface area contributed by atoms with Gasteiger partial charge in [0.1, 0.15) is 6.61 Å². The van der Waals surface area contributed by atoms with Crippen molar-refractivity contribution in [3.63, 3.8) is 0 Å². The number of nitrogens with zero attached hydrogens (tertiary/aromatic N) is 3. The van der Waals surface area contributed by atoms with E-state index in [2.05, 4.69) is 27.3 Å². The summed E-state index contributed by atoms with van der Waals surface area (Å²) in [5.41, 5.74) is 5.55. The molecule has 8 nitrogen and oxygen atoms in total. The topological polar surface area (TPSA) is 97.6 Å². The first kappa shape index (κ1) is 25.8. The van der Waals surface area contributed by atoms with Gasteiger partial charge in [-0.15, -0.1) is 0 Å². The number of nitro groups is 1. The van der Waals surface area contributed by atoms with Crippen LogP contribution in [0.3, 0.4) is 0 Å². The highest BCUT2D eigenvalue weighted by Gasteiger charge is 2.28. The molecule has 0 fully saturated rings. The number of dihydropyridines is 1. The highest BCUT2D eigenvalue weighted by molar-refractivity contribution is 5.92. The van der Waals surface area contributed by atoms with E-state index in [1.807, 2.05) is 57.3 Å². The Labute approximate surface area is 216 Å². The van der Waals surface area contributed by atoms with Crippen molar-refractivity contribution in [3.05, 3.63) is 117 Å². The number of non-ortho nitro benzene ring substituents is 1. The third-order valence-electron chi connectivity index (χ3n) is 6.24. The Balaban J connectivity index is 1.45. The fraction of sp³-hybridized carbons (Fsp3) is 0.241. The van der Waals surface area contributed by atoms with Gasteiger partial charge in [-0.05, 0) is 38.1 Å². The molecule has 1 unspecified atom stereocenters. The standard InChI is InChI=1S/C29H30N4O4/c1-20-16-26(24-12-13-27(30-18-24)23-10-7-11-25(17-23)33(35)36)28(21(2)31-20)29(34)37-15-14-32(3)19-22-8-5-4-6-9-22/h4-13,16-18,26,31H,14-15,19H2,1-3H3. The number of pyridine rings is 1. The van der Waals surface area contributed by atoms with Crippen LogP contribution >= 0.6 is 0 Å². The largest absolute Gasteiger partial charge is 0.461 e. The van der Waals surface area contributed by atoms with Gasteiger partial charge < -0.3 is 10.1 Å². The van der Waals surface area contributed by atoms with Gasteiger partial charge in [-0.2, -0.15) is 0 Å². The minimum Gasteiger partial charge on any atom is -0.461 e. The van der Waals surface area contributed by atoms with Crippen molar-refractivity contribution in [2.75, 3.05) is 20.2 Å². The predicted molar refractivity (Wildman–Crippen MR) is 142 cm³/mol. The summed E-state index contributed by atoms with van der Waals surface area (Å²) in [4.78, 5) is 30.5. The average Bonchev–Trinajstić information content (AvgIpc) is 2.89. The van der Waals surface area contributed by atoms with Crippen molar-refractivity contribution in [1.82, 2.24) is 15.2 Å². The molecule has 0 saturated carbocycles. The molecule has 0 amide bonds. The van der Waals surface area contributed by atoms with Gasteiger partial charge in [0, 0.05) is 54.3 Å². The molecule has 190 valence electrons. The molecule has 1 aliphatic heterocycles. The molecule has 3 aromatic rings. The molecule has 0 spiro atoms. The molecule has 1 atom stereocenters. The maximum atomic E-state index is 13.2. The summed E-state index contributed by atoms with van der Waals surface area (Å²) in [6.45, 7) is 5.47. The quantitative estimate of drug-likeness (QED) is 0.246.